The molecule has 3 fully saturated rings. The Balaban J connectivity index is 1.58. The Morgan fingerprint density at radius 1 is 0.857 bits per heavy atom. The number of piperidine rings is 1. The van der Waals surface area contributed by atoms with E-state index < -0.39 is 0 Å². The van der Waals surface area contributed by atoms with Crippen molar-refractivity contribution >= 4 is 0 Å². The molecule has 2 aliphatic heterocycles. The Morgan fingerprint density at radius 2 is 1.48 bits per heavy atom. The van der Waals surface area contributed by atoms with Crippen LogP contribution in [0.2, 0.25) is 0 Å². The number of hydrogen-bond donors (Lipinski definition) is 1. The Kier molecular flexibility index (Phi) is 5.96. The molecule has 1 aliphatic carbocycles. The van der Waals surface area contributed by atoms with Crippen LogP contribution in [0.25, 0.3) is 0 Å². The van der Waals surface area contributed by atoms with Gasteiger partial charge < -0.3 is 10.1 Å². The van der Waals surface area contributed by atoms with Crippen molar-refractivity contribution in [2.75, 3.05) is 32.8 Å². The van der Waals surface area contributed by atoms with E-state index in [9.17, 15) is 0 Å². The normalized spacial score (nSPS) is 29.1. The third-order valence-corrected chi connectivity index (χ3v) is 6.03. The molecule has 2 saturated heterocycles. The third-order valence-electron chi connectivity index (χ3n) is 6.03. The molecule has 0 aromatic heterocycles. The highest BCUT2D eigenvalue weighted by Gasteiger charge is 2.39. The van der Waals surface area contributed by atoms with Crippen LogP contribution < -0.4 is 5.32 Å². The maximum Gasteiger partial charge on any atom is 0.0484 e. The summed E-state index contributed by atoms with van der Waals surface area (Å²) in [7, 11) is 0. The largest absolute Gasteiger partial charge is 0.381 e. The zero-order valence-corrected chi connectivity index (χ0v) is 13.7. The summed E-state index contributed by atoms with van der Waals surface area (Å²) >= 11 is 0. The molecular weight excluding hydrogens is 260 g/mol. The molecule has 0 radical (unpaired) electrons. The minimum absolute atomic E-state index is 0.394. The van der Waals surface area contributed by atoms with Crippen molar-refractivity contribution in [3.63, 3.8) is 0 Å². The SMILES string of the molecule is C1CCCC(NCC2(N3CCCCC3)CCOCC2)CC1. The van der Waals surface area contributed by atoms with Crippen molar-refractivity contribution in [2.45, 2.75) is 82.2 Å². The minimum Gasteiger partial charge on any atom is -0.381 e. The van der Waals surface area contributed by atoms with Gasteiger partial charge in [-0.1, -0.05) is 32.1 Å². The zero-order valence-electron chi connectivity index (χ0n) is 13.7. The van der Waals surface area contributed by atoms with E-state index in [-0.39, 0.29) is 0 Å². The predicted molar refractivity (Wildman–Crippen MR) is 87.7 cm³/mol. The lowest BCUT2D eigenvalue weighted by Gasteiger charge is -2.48. The zero-order chi connectivity index (χ0) is 14.4. The average molecular weight is 294 g/mol. The summed E-state index contributed by atoms with van der Waals surface area (Å²) in [6, 6.07) is 0.775. The molecule has 0 aromatic carbocycles. The van der Waals surface area contributed by atoms with Crippen molar-refractivity contribution in [2.24, 2.45) is 0 Å². The van der Waals surface area contributed by atoms with E-state index in [1.54, 1.807) is 0 Å². The van der Waals surface area contributed by atoms with Gasteiger partial charge in [-0.25, -0.2) is 0 Å². The Morgan fingerprint density at radius 3 is 2.14 bits per heavy atom. The van der Waals surface area contributed by atoms with E-state index in [2.05, 4.69) is 10.2 Å². The lowest BCUT2D eigenvalue weighted by molar-refractivity contribution is -0.0369. The monoisotopic (exact) mass is 294 g/mol. The summed E-state index contributed by atoms with van der Waals surface area (Å²) in [4.78, 5) is 2.81. The van der Waals surface area contributed by atoms with Crippen LogP contribution in [0.5, 0.6) is 0 Å². The summed E-state index contributed by atoms with van der Waals surface area (Å²) in [5, 5.41) is 3.97. The van der Waals surface area contributed by atoms with Crippen LogP contribution >= 0.6 is 0 Å². The van der Waals surface area contributed by atoms with Crippen molar-refractivity contribution in [1.82, 2.24) is 10.2 Å². The van der Waals surface area contributed by atoms with Crippen LogP contribution in [0.3, 0.4) is 0 Å². The van der Waals surface area contributed by atoms with E-state index in [0.29, 0.717) is 5.54 Å². The van der Waals surface area contributed by atoms with Gasteiger partial charge in [0.1, 0.15) is 0 Å². The highest BCUT2D eigenvalue weighted by molar-refractivity contribution is 4.96. The summed E-state index contributed by atoms with van der Waals surface area (Å²) in [5.74, 6) is 0. The first-order valence-electron chi connectivity index (χ1n) is 9.45. The fourth-order valence-electron chi connectivity index (χ4n) is 4.54. The topological polar surface area (TPSA) is 24.5 Å². The van der Waals surface area contributed by atoms with Crippen LogP contribution in [0, 0.1) is 0 Å². The van der Waals surface area contributed by atoms with Crippen LogP contribution in [0.15, 0.2) is 0 Å². The molecule has 1 saturated carbocycles. The van der Waals surface area contributed by atoms with Crippen molar-refractivity contribution in [1.29, 1.82) is 0 Å². The van der Waals surface area contributed by atoms with Gasteiger partial charge in [-0.05, 0) is 51.6 Å². The predicted octanol–water partition coefficient (Wildman–Crippen LogP) is 3.33. The molecule has 21 heavy (non-hydrogen) atoms. The van der Waals surface area contributed by atoms with Gasteiger partial charge in [-0.3, -0.25) is 4.90 Å². The Labute approximate surface area is 130 Å². The first-order valence-corrected chi connectivity index (χ1v) is 9.45. The van der Waals surface area contributed by atoms with Gasteiger partial charge in [-0.2, -0.15) is 0 Å². The maximum absolute atomic E-state index is 5.67. The van der Waals surface area contributed by atoms with Crippen LogP contribution in [-0.2, 0) is 4.74 Å². The summed E-state index contributed by atoms with van der Waals surface area (Å²) in [6.07, 6.45) is 15.2. The molecule has 3 aliphatic rings. The molecule has 0 unspecified atom stereocenters. The number of ether oxygens (including phenoxy) is 1. The second-order valence-electron chi connectivity index (χ2n) is 7.45. The fourth-order valence-corrected chi connectivity index (χ4v) is 4.54. The van der Waals surface area contributed by atoms with E-state index in [0.717, 1.165) is 19.3 Å². The summed E-state index contributed by atoms with van der Waals surface area (Å²) in [5.41, 5.74) is 0.394. The van der Waals surface area contributed by atoms with Gasteiger partial charge in [0.15, 0.2) is 0 Å². The van der Waals surface area contributed by atoms with Gasteiger partial charge in [-0.15, -0.1) is 0 Å². The fraction of sp³-hybridized carbons (Fsp3) is 1.00. The molecule has 122 valence electrons. The second kappa shape index (κ2) is 7.94. The number of nitrogens with one attached hydrogen (secondary N) is 1. The molecule has 0 amide bonds. The molecule has 0 aromatic rings. The smallest absolute Gasteiger partial charge is 0.0484 e. The van der Waals surface area contributed by atoms with Gasteiger partial charge in [0.25, 0.3) is 0 Å². The van der Waals surface area contributed by atoms with Crippen LogP contribution in [0.4, 0.5) is 0 Å². The first-order chi connectivity index (χ1) is 10.4. The summed E-state index contributed by atoms with van der Waals surface area (Å²) in [6.45, 7) is 5.74. The molecule has 0 bridgehead atoms. The molecule has 0 spiro atoms. The highest BCUT2D eigenvalue weighted by atomic mass is 16.5. The first kappa shape index (κ1) is 15.8. The molecule has 3 rings (SSSR count). The number of likely N-dealkylation sites (tertiary alicyclic amines) is 1. The van der Waals surface area contributed by atoms with Crippen molar-refractivity contribution in [3.05, 3.63) is 0 Å². The van der Waals surface area contributed by atoms with Crippen LogP contribution in [0.1, 0.15) is 70.6 Å². The molecule has 3 heteroatoms. The van der Waals surface area contributed by atoms with E-state index in [4.69, 9.17) is 4.74 Å². The average Bonchev–Trinajstić information content (AvgIpc) is 2.83. The van der Waals surface area contributed by atoms with Crippen molar-refractivity contribution < 1.29 is 4.74 Å². The van der Waals surface area contributed by atoms with Gasteiger partial charge in [0.2, 0.25) is 0 Å². The lowest BCUT2D eigenvalue weighted by Crippen LogP contribution is -2.60. The van der Waals surface area contributed by atoms with Crippen molar-refractivity contribution in [3.8, 4) is 0 Å². The highest BCUT2D eigenvalue weighted by Crippen LogP contribution is 2.31. The lowest BCUT2D eigenvalue weighted by atomic mass is 9.85. The standard InChI is InChI=1S/C18H34N2O/c1-2-5-9-17(8-4-1)19-16-18(10-14-21-15-11-18)20-12-6-3-7-13-20/h17,19H,1-16H2. The van der Waals surface area contributed by atoms with E-state index in [1.165, 1.54) is 90.3 Å². The van der Waals surface area contributed by atoms with Crippen LogP contribution in [-0.4, -0.2) is 49.3 Å². The molecule has 2 heterocycles. The number of hydrogen-bond acceptors (Lipinski definition) is 3. The van der Waals surface area contributed by atoms with Gasteiger partial charge >= 0.3 is 0 Å². The molecule has 0 atom stereocenters. The van der Waals surface area contributed by atoms with Gasteiger partial charge in [0, 0.05) is 31.3 Å². The van der Waals surface area contributed by atoms with E-state index >= 15 is 0 Å². The second-order valence-corrected chi connectivity index (χ2v) is 7.45. The molecule has 3 nitrogen and oxygen atoms in total. The Hall–Kier alpha value is -0.120. The quantitative estimate of drug-likeness (QED) is 0.805. The molecular formula is C18H34N2O. The summed E-state index contributed by atoms with van der Waals surface area (Å²) < 4.78 is 5.67. The Bertz CT molecular complexity index is 288. The van der Waals surface area contributed by atoms with E-state index in [1.807, 2.05) is 0 Å². The minimum atomic E-state index is 0.394. The number of nitrogens with zero attached hydrogens (tertiary/aromatic N) is 1. The maximum atomic E-state index is 5.67. The van der Waals surface area contributed by atoms with Gasteiger partial charge in [0.05, 0.1) is 0 Å². The molecule has 1 N–H and O–H groups in total. The third kappa shape index (κ3) is 4.20. The number of rotatable bonds is 4.